The zero-order valence-electron chi connectivity index (χ0n) is 24.6. The predicted octanol–water partition coefficient (Wildman–Crippen LogP) is 11.8. The van der Waals surface area contributed by atoms with Gasteiger partial charge in [0.15, 0.2) is 17.5 Å². The minimum atomic E-state index is -4.74. The average molecular weight is 633 g/mol. The molecule has 1 aliphatic rings. The van der Waals surface area contributed by atoms with Crippen LogP contribution < -0.4 is 4.74 Å². The van der Waals surface area contributed by atoms with Gasteiger partial charge in [0, 0.05) is 17.7 Å². The van der Waals surface area contributed by atoms with Crippen LogP contribution in [0.5, 0.6) is 5.75 Å². The van der Waals surface area contributed by atoms with E-state index in [4.69, 9.17) is 0 Å². The molecule has 5 rings (SSSR count). The summed E-state index contributed by atoms with van der Waals surface area (Å²) in [5, 5.41) is 0. The maximum atomic E-state index is 15.2. The fraction of sp³-hybridized carbons (Fsp3) is 0.333. The maximum absolute atomic E-state index is 15.2. The molecule has 0 radical (unpaired) electrons. The Kier molecular flexibility index (Phi) is 9.85. The Hall–Kier alpha value is -3.88. The molecule has 0 spiro atoms. The number of hydrogen-bond acceptors (Lipinski definition) is 1. The smallest absolute Gasteiger partial charge is 0.429 e. The van der Waals surface area contributed by atoms with Gasteiger partial charge in [0.1, 0.15) is 28.8 Å². The van der Waals surface area contributed by atoms with Gasteiger partial charge in [-0.3, -0.25) is 0 Å². The van der Waals surface area contributed by atoms with Crippen molar-refractivity contribution in [1.29, 1.82) is 0 Å². The Labute approximate surface area is 256 Å². The van der Waals surface area contributed by atoms with Gasteiger partial charge < -0.3 is 4.74 Å². The van der Waals surface area contributed by atoms with E-state index < -0.39 is 52.3 Å². The Balaban J connectivity index is 1.30. The first kappa shape index (κ1) is 32.5. The Morgan fingerprint density at radius 1 is 0.644 bits per heavy atom. The van der Waals surface area contributed by atoms with E-state index in [9.17, 15) is 30.7 Å². The summed E-state index contributed by atoms with van der Waals surface area (Å²) in [6.45, 7) is 2.21. The molecule has 0 saturated heterocycles. The van der Waals surface area contributed by atoms with Crippen LogP contribution in [0.3, 0.4) is 0 Å². The highest BCUT2D eigenvalue weighted by molar-refractivity contribution is 5.71. The molecule has 1 nitrogen and oxygen atoms in total. The first-order valence-electron chi connectivity index (χ1n) is 15.1. The lowest BCUT2D eigenvalue weighted by Gasteiger charge is -2.29. The maximum Gasteiger partial charge on any atom is 0.432 e. The number of rotatable bonds is 10. The van der Waals surface area contributed by atoms with Crippen LogP contribution in [0, 0.1) is 40.8 Å². The van der Waals surface area contributed by atoms with Crippen LogP contribution >= 0.6 is 0 Å². The van der Waals surface area contributed by atoms with E-state index in [0.717, 1.165) is 24.3 Å². The number of ether oxygens (including phenoxy) is 1. The van der Waals surface area contributed by atoms with Crippen LogP contribution in [0.25, 0.3) is 22.3 Å². The first-order valence-corrected chi connectivity index (χ1v) is 15.1. The van der Waals surface area contributed by atoms with Crippen LogP contribution in [0.15, 0.2) is 66.7 Å². The van der Waals surface area contributed by atoms with E-state index >= 15 is 4.39 Å². The molecule has 0 unspecified atom stereocenters. The van der Waals surface area contributed by atoms with Gasteiger partial charge in [-0.25, -0.2) is 26.3 Å². The zero-order chi connectivity index (χ0) is 32.3. The van der Waals surface area contributed by atoms with Gasteiger partial charge in [-0.15, -0.1) is 0 Å². The summed E-state index contributed by atoms with van der Waals surface area (Å²) in [5.41, 5.74) is 0.0626. The molecule has 0 atom stereocenters. The largest absolute Gasteiger partial charge is 0.432 e. The molecule has 0 N–H and O–H groups in total. The lowest BCUT2D eigenvalue weighted by molar-refractivity contribution is -0.189. The van der Waals surface area contributed by atoms with Crippen LogP contribution in [0.1, 0.15) is 75.3 Å². The van der Waals surface area contributed by atoms with Gasteiger partial charge in [-0.2, -0.15) is 8.78 Å². The van der Waals surface area contributed by atoms with E-state index in [0.29, 0.717) is 23.6 Å². The third-order valence-corrected chi connectivity index (χ3v) is 8.59. The highest BCUT2D eigenvalue weighted by Gasteiger charge is 2.41. The summed E-state index contributed by atoms with van der Waals surface area (Å²) in [7, 11) is 0. The molecule has 4 aromatic rings. The summed E-state index contributed by atoms with van der Waals surface area (Å²) >= 11 is 0. The van der Waals surface area contributed by atoms with Crippen molar-refractivity contribution in [3.8, 4) is 28.0 Å². The molecule has 1 aliphatic carbocycles. The number of alkyl halides is 2. The summed E-state index contributed by atoms with van der Waals surface area (Å²) in [4.78, 5) is 0. The van der Waals surface area contributed by atoms with Crippen LogP contribution in [-0.4, -0.2) is 0 Å². The zero-order valence-corrected chi connectivity index (χ0v) is 24.6. The number of unbranched alkanes of at least 4 members (excludes halogenated alkanes) is 2. The summed E-state index contributed by atoms with van der Waals surface area (Å²) in [6.07, 6.45) is 5.10. The van der Waals surface area contributed by atoms with Gasteiger partial charge in [-0.1, -0.05) is 69.0 Å². The molecule has 0 heterocycles. The SMILES string of the molecule is CCCCCC1CCC(c2ccc(-c3ccc(-c4cc(F)c(C(F)(F)Oc5cc(F)c(F)c(F)c5)c(F)c4)c(F)c3)cc2)CC1. The highest BCUT2D eigenvalue weighted by atomic mass is 19.3. The topological polar surface area (TPSA) is 9.23 Å². The van der Waals surface area contributed by atoms with Crippen molar-refractivity contribution in [1.82, 2.24) is 0 Å². The van der Waals surface area contributed by atoms with Crippen molar-refractivity contribution in [2.45, 2.75) is 70.3 Å². The van der Waals surface area contributed by atoms with Crippen molar-refractivity contribution >= 4 is 0 Å². The second-order valence-corrected chi connectivity index (χ2v) is 11.7. The molecule has 0 amide bonds. The van der Waals surface area contributed by atoms with Crippen LogP contribution in [0.4, 0.5) is 35.1 Å². The quantitative estimate of drug-likeness (QED) is 0.0960. The highest BCUT2D eigenvalue weighted by Crippen LogP contribution is 2.40. The van der Waals surface area contributed by atoms with Gasteiger partial charge >= 0.3 is 6.11 Å². The summed E-state index contributed by atoms with van der Waals surface area (Å²) < 4.78 is 118. The molecule has 9 heteroatoms. The molecule has 1 fully saturated rings. The van der Waals surface area contributed by atoms with Crippen molar-refractivity contribution in [3.05, 3.63) is 113 Å². The minimum Gasteiger partial charge on any atom is -0.429 e. The second-order valence-electron chi connectivity index (χ2n) is 11.7. The third kappa shape index (κ3) is 7.34. The lowest BCUT2D eigenvalue weighted by Crippen LogP contribution is -2.25. The fourth-order valence-electron chi connectivity index (χ4n) is 6.14. The average Bonchev–Trinajstić information content (AvgIpc) is 2.99. The Morgan fingerprint density at radius 2 is 1.22 bits per heavy atom. The lowest BCUT2D eigenvalue weighted by atomic mass is 9.77. The molecule has 0 bridgehead atoms. The molecule has 238 valence electrons. The Morgan fingerprint density at radius 3 is 1.80 bits per heavy atom. The van der Waals surface area contributed by atoms with Crippen LogP contribution in [-0.2, 0) is 6.11 Å². The molecular formula is C36H32F8O. The third-order valence-electron chi connectivity index (χ3n) is 8.59. The number of hydrogen-bond donors (Lipinski definition) is 0. The number of benzene rings is 4. The molecule has 45 heavy (non-hydrogen) atoms. The van der Waals surface area contributed by atoms with Crippen molar-refractivity contribution < 1.29 is 39.9 Å². The molecule has 0 aliphatic heterocycles. The van der Waals surface area contributed by atoms with E-state index in [2.05, 4.69) is 11.7 Å². The second kappa shape index (κ2) is 13.6. The van der Waals surface area contributed by atoms with Gasteiger partial charge in [0.25, 0.3) is 0 Å². The monoisotopic (exact) mass is 632 g/mol. The Bertz CT molecular complexity index is 1600. The predicted molar refractivity (Wildman–Crippen MR) is 157 cm³/mol. The fourth-order valence-corrected chi connectivity index (χ4v) is 6.14. The van der Waals surface area contributed by atoms with Gasteiger partial charge in [0.05, 0.1) is 0 Å². The van der Waals surface area contributed by atoms with E-state index in [1.165, 1.54) is 56.2 Å². The summed E-state index contributed by atoms with van der Waals surface area (Å²) in [5.74, 6) is -9.89. The van der Waals surface area contributed by atoms with Crippen LogP contribution in [0.2, 0.25) is 0 Å². The molecule has 0 aromatic heterocycles. The standard InChI is InChI=1S/C36H32F8O/c1-2-3-4-5-21-6-8-22(9-7-21)23-10-12-24(13-11-23)25-14-15-28(29(37)16-25)26-17-30(38)34(31(39)18-26)36(43,44)45-27-19-32(40)35(42)33(41)20-27/h10-22H,2-9H2,1H3. The van der Waals surface area contributed by atoms with E-state index in [1.54, 1.807) is 6.07 Å². The molecule has 4 aromatic carbocycles. The van der Waals surface area contributed by atoms with Crippen molar-refractivity contribution in [3.63, 3.8) is 0 Å². The van der Waals surface area contributed by atoms with Crippen molar-refractivity contribution in [2.75, 3.05) is 0 Å². The van der Waals surface area contributed by atoms with E-state index in [1.807, 2.05) is 24.3 Å². The van der Waals surface area contributed by atoms with E-state index in [-0.39, 0.29) is 23.3 Å². The minimum absolute atomic E-state index is 0.113. The van der Waals surface area contributed by atoms with Gasteiger partial charge in [0.2, 0.25) is 0 Å². The normalized spacial score (nSPS) is 17.0. The number of halogens is 8. The summed E-state index contributed by atoms with van der Waals surface area (Å²) in [6, 6.07) is 13.2. The molecule has 1 saturated carbocycles. The van der Waals surface area contributed by atoms with Gasteiger partial charge in [-0.05, 0) is 78.0 Å². The molecular weight excluding hydrogens is 600 g/mol. The van der Waals surface area contributed by atoms with Crippen molar-refractivity contribution in [2.24, 2.45) is 5.92 Å². The first-order chi connectivity index (χ1) is 21.5.